The molecule has 8 heteroatoms. The Balaban J connectivity index is 1.50. The Hall–Kier alpha value is -4.43. The Morgan fingerprint density at radius 2 is 1.97 bits per heavy atom. The molecule has 0 aliphatic rings. The Morgan fingerprint density at radius 3 is 2.75 bits per heavy atom. The summed E-state index contributed by atoms with van der Waals surface area (Å²) in [7, 11) is 1.40. The molecule has 3 aromatic carbocycles. The summed E-state index contributed by atoms with van der Waals surface area (Å²) in [5, 5.41) is 14.6. The Morgan fingerprint density at radius 1 is 1.14 bits per heavy atom. The molecule has 0 saturated carbocycles. The van der Waals surface area contributed by atoms with Gasteiger partial charge in [0.25, 0.3) is 5.91 Å². The Bertz CT molecular complexity index is 1580. The lowest BCUT2D eigenvalue weighted by Crippen LogP contribution is -2.39. The van der Waals surface area contributed by atoms with Crippen LogP contribution in [0.3, 0.4) is 0 Å². The molecule has 0 fully saturated rings. The molecule has 0 unspecified atom stereocenters. The van der Waals surface area contributed by atoms with Crippen molar-refractivity contribution < 1.29 is 19.0 Å². The Kier molecular flexibility index (Phi) is 6.26. The molecule has 0 aliphatic carbocycles. The van der Waals surface area contributed by atoms with E-state index in [1.54, 1.807) is 30.3 Å². The summed E-state index contributed by atoms with van der Waals surface area (Å²) in [5.74, 6) is -0.797. The van der Waals surface area contributed by atoms with Crippen molar-refractivity contribution in [1.29, 1.82) is 0 Å². The van der Waals surface area contributed by atoms with E-state index in [0.29, 0.717) is 39.8 Å². The highest BCUT2D eigenvalue weighted by atomic mass is 19.1. The van der Waals surface area contributed by atoms with E-state index in [9.17, 15) is 14.3 Å². The number of hydrogen-bond donors (Lipinski definition) is 4. The summed E-state index contributed by atoms with van der Waals surface area (Å²) in [6.07, 6.45) is 2.33. The summed E-state index contributed by atoms with van der Waals surface area (Å²) in [5.41, 5.74) is 10.3. The lowest BCUT2D eigenvalue weighted by Gasteiger charge is -2.18. The first-order valence-electron chi connectivity index (χ1n) is 11.5. The van der Waals surface area contributed by atoms with Crippen LogP contribution in [-0.4, -0.2) is 40.7 Å². The molecule has 1 amide bonds. The van der Waals surface area contributed by atoms with Crippen molar-refractivity contribution in [3.05, 3.63) is 89.9 Å². The number of nitrogens with zero attached hydrogens (tertiary/aromatic N) is 1. The van der Waals surface area contributed by atoms with Crippen LogP contribution < -0.4 is 15.8 Å². The molecule has 5 aromatic rings. The number of methoxy groups -OCH3 is 1. The SMILES string of the molecule is COc1ccc(-c2cc(C(=O)N[C@@H](CO)Cc3c[nH]c4ccccc34)c3cc(N)ccc3n2)cc1F. The monoisotopic (exact) mass is 484 g/mol. The third kappa shape index (κ3) is 4.46. The number of amides is 1. The van der Waals surface area contributed by atoms with Gasteiger partial charge in [0, 0.05) is 33.7 Å². The van der Waals surface area contributed by atoms with Gasteiger partial charge in [-0.2, -0.15) is 0 Å². The number of pyridine rings is 1. The molecule has 5 N–H and O–H groups in total. The zero-order valence-electron chi connectivity index (χ0n) is 19.6. The minimum absolute atomic E-state index is 0.119. The fraction of sp³-hybridized carbons (Fsp3) is 0.143. The average Bonchev–Trinajstić information content (AvgIpc) is 3.30. The van der Waals surface area contributed by atoms with E-state index in [0.717, 1.165) is 16.5 Å². The molecule has 0 bridgehead atoms. The molecule has 36 heavy (non-hydrogen) atoms. The largest absolute Gasteiger partial charge is 0.494 e. The van der Waals surface area contributed by atoms with Gasteiger partial charge in [-0.05, 0) is 60.5 Å². The number of para-hydroxylation sites is 1. The van der Waals surface area contributed by atoms with Crippen molar-refractivity contribution >= 4 is 33.4 Å². The zero-order valence-corrected chi connectivity index (χ0v) is 19.6. The number of rotatable bonds is 7. The minimum atomic E-state index is -0.528. The molecule has 0 saturated heterocycles. The van der Waals surface area contributed by atoms with Gasteiger partial charge in [-0.3, -0.25) is 4.79 Å². The number of carbonyl (C=O) groups excluding carboxylic acids is 1. The predicted molar refractivity (Wildman–Crippen MR) is 138 cm³/mol. The second kappa shape index (κ2) is 9.67. The first-order valence-corrected chi connectivity index (χ1v) is 11.5. The van der Waals surface area contributed by atoms with Gasteiger partial charge in [0.15, 0.2) is 11.6 Å². The van der Waals surface area contributed by atoms with E-state index in [4.69, 9.17) is 10.5 Å². The summed E-state index contributed by atoms with van der Waals surface area (Å²) in [6, 6.07) is 18.6. The lowest BCUT2D eigenvalue weighted by molar-refractivity contribution is 0.0918. The van der Waals surface area contributed by atoms with Crippen molar-refractivity contribution in [2.75, 3.05) is 19.5 Å². The quantitative estimate of drug-likeness (QED) is 0.255. The van der Waals surface area contributed by atoms with Crippen LogP contribution in [-0.2, 0) is 6.42 Å². The summed E-state index contributed by atoms with van der Waals surface area (Å²) in [6.45, 7) is -0.243. The van der Waals surface area contributed by atoms with Crippen LogP contribution in [0.15, 0.2) is 72.9 Å². The van der Waals surface area contributed by atoms with Crippen LogP contribution >= 0.6 is 0 Å². The van der Waals surface area contributed by atoms with Crippen molar-refractivity contribution in [1.82, 2.24) is 15.3 Å². The average molecular weight is 485 g/mol. The minimum Gasteiger partial charge on any atom is -0.494 e. The van der Waals surface area contributed by atoms with Gasteiger partial charge in [0.1, 0.15) is 0 Å². The van der Waals surface area contributed by atoms with Crippen LogP contribution in [0.2, 0.25) is 0 Å². The number of halogens is 1. The number of hydrogen-bond acceptors (Lipinski definition) is 5. The number of nitrogen functional groups attached to an aromatic ring is 1. The maximum absolute atomic E-state index is 14.4. The van der Waals surface area contributed by atoms with Gasteiger partial charge in [-0.1, -0.05) is 18.2 Å². The summed E-state index contributed by atoms with van der Waals surface area (Å²) >= 11 is 0. The lowest BCUT2D eigenvalue weighted by atomic mass is 10.0. The number of nitrogens with two attached hydrogens (primary N) is 1. The van der Waals surface area contributed by atoms with Crippen molar-refractivity contribution in [2.24, 2.45) is 0 Å². The number of ether oxygens (including phenoxy) is 1. The van der Waals surface area contributed by atoms with Gasteiger partial charge in [0.05, 0.1) is 36.5 Å². The predicted octanol–water partition coefficient (Wildman–Crippen LogP) is 4.45. The van der Waals surface area contributed by atoms with E-state index in [1.165, 1.54) is 19.2 Å². The zero-order chi connectivity index (χ0) is 25.2. The fourth-order valence-electron chi connectivity index (χ4n) is 4.40. The molecule has 2 aromatic heterocycles. The Labute approximate surface area is 206 Å². The highest BCUT2D eigenvalue weighted by Crippen LogP contribution is 2.29. The highest BCUT2D eigenvalue weighted by Gasteiger charge is 2.20. The highest BCUT2D eigenvalue weighted by molar-refractivity contribution is 6.08. The number of aliphatic hydroxyl groups is 1. The van der Waals surface area contributed by atoms with Crippen LogP contribution in [0.25, 0.3) is 33.1 Å². The fourth-order valence-corrected chi connectivity index (χ4v) is 4.40. The second-order valence-electron chi connectivity index (χ2n) is 8.60. The number of aromatic nitrogens is 2. The number of H-pyrrole nitrogens is 1. The number of anilines is 1. The first-order chi connectivity index (χ1) is 17.5. The molecule has 0 aliphatic heterocycles. The molecule has 2 heterocycles. The first kappa shape index (κ1) is 23.3. The summed E-state index contributed by atoms with van der Waals surface area (Å²) < 4.78 is 19.4. The smallest absolute Gasteiger partial charge is 0.252 e. The standard InChI is InChI=1S/C28H25FN4O3/c1-36-27-9-6-16(11-23(27)29)26-13-22(21-12-18(30)7-8-25(21)33-26)28(35)32-19(15-34)10-17-14-31-24-5-3-2-4-20(17)24/h2-9,11-14,19,31,34H,10,15,30H2,1H3,(H,32,35)/t19-/m1/s1. The number of benzene rings is 3. The number of nitrogens with one attached hydrogen (secondary N) is 2. The van der Waals surface area contributed by atoms with Crippen LogP contribution in [0, 0.1) is 5.82 Å². The molecule has 1 atom stereocenters. The van der Waals surface area contributed by atoms with E-state index in [1.807, 2.05) is 30.5 Å². The maximum atomic E-state index is 14.4. The molecule has 5 rings (SSSR count). The topological polar surface area (TPSA) is 113 Å². The molecule has 0 radical (unpaired) electrons. The molecular formula is C28H25FN4O3. The normalized spacial score (nSPS) is 12.1. The third-order valence-corrected chi connectivity index (χ3v) is 6.22. The van der Waals surface area contributed by atoms with Crippen LogP contribution in [0.1, 0.15) is 15.9 Å². The molecule has 0 spiro atoms. The number of fused-ring (bicyclic) bond motifs is 2. The van der Waals surface area contributed by atoms with Gasteiger partial charge in [-0.15, -0.1) is 0 Å². The van der Waals surface area contributed by atoms with Crippen LogP contribution in [0.5, 0.6) is 5.75 Å². The van der Waals surface area contributed by atoms with Crippen molar-refractivity contribution in [3.8, 4) is 17.0 Å². The molecule has 182 valence electrons. The van der Waals surface area contributed by atoms with Gasteiger partial charge in [0.2, 0.25) is 0 Å². The van der Waals surface area contributed by atoms with Gasteiger partial charge < -0.3 is 25.9 Å². The van der Waals surface area contributed by atoms with E-state index in [2.05, 4.69) is 15.3 Å². The van der Waals surface area contributed by atoms with Crippen LogP contribution in [0.4, 0.5) is 10.1 Å². The second-order valence-corrected chi connectivity index (χ2v) is 8.60. The van der Waals surface area contributed by atoms with Gasteiger partial charge >= 0.3 is 0 Å². The van der Waals surface area contributed by atoms with Gasteiger partial charge in [-0.25, -0.2) is 9.37 Å². The molecular weight excluding hydrogens is 459 g/mol. The van der Waals surface area contributed by atoms with E-state index < -0.39 is 11.9 Å². The number of carbonyl (C=O) groups is 1. The molecule has 7 nitrogen and oxygen atoms in total. The van der Waals surface area contributed by atoms with Crippen molar-refractivity contribution in [2.45, 2.75) is 12.5 Å². The third-order valence-electron chi connectivity index (χ3n) is 6.22. The van der Waals surface area contributed by atoms with E-state index in [-0.39, 0.29) is 18.3 Å². The number of aliphatic hydroxyl groups excluding tert-OH is 1. The summed E-state index contributed by atoms with van der Waals surface area (Å²) in [4.78, 5) is 21.3. The number of aromatic amines is 1. The van der Waals surface area contributed by atoms with Crippen molar-refractivity contribution in [3.63, 3.8) is 0 Å². The van der Waals surface area contributed by atoms with E-state index >= 15 is 0 Å². The maximum Gasteiger partial charge on any atom is 0.252 e.